The lowest BCUT2D eigenvalue weighted by molar-refractivity contribution is 0.101. The zero-order valence-corrected chi connectivity index (χ0v) is 9.24. The van der Waals surface area contributed by atoms with Gasteiger partial charge in [0.05, 0.1) is 6.10 Å². The lowest BCUT2D eigenvalue weighted by Gasteiger charge is -2.03. The smallest absolute Gasteiger partial charge is 0.159 e. The molecule has 0 saturated heterocycles. The molecular weight excluding hydrogens is 176 g/mol. The molecule has 1 aromatic carbocycles. The summed E-state index contributed by atoms with van der Waals surface area (Å²) < 4.78 is 0. The third-order valence-electron chi connectivity index (χ3n) is 1.80. The number of rotatable bonds is 2. The van der Waals surface area contributed by atoms with Crippen LogP contribution in [-0.2, 0) is 0 Å². The van der Waals surface area contributed by atoms with E-state index in [0.29, 0.717) is 5.56 Å². The van der Waals surface area contributed by atoms with Gasteiger partial charge in [0.25, 0.3) is 0 Å². The van der Waals surface area contributed by atoms with Crippen LogP contribution in [-0.4, -0.2) is 10.9 Å². The van der Waals surface area contributed by atoms with Gasteiger partial charge in [-0.2, -0.15) is 0 Å². The lowest BCUT2D eigenvalue weighted by atomic mass is 10.1. The molecule has 1 aromatic rings. The first-order valence-electron chi connectivity index (χ1n) is 4.90. The van der Waals surface area contributed by atoms with Crippen molar-refractivity contribution in [1.82, 2.24) is 0 Å². The number of aliphatic hydroxyl groups excluding tert-OH is 1. The van der Waals surface area contributed by atoms with Crippen molar-refractivity contribution in [3.8, 4) is 0 Å². The van der Waals surface area contributed by atoms with E-state index in [2.05, 4.69) is 0 Å². The van der Waals surface area contributed by atoms with Crippen LogP contribution < -0.4 is 0 Å². The van der Waals surface area contributed by atoms with E-state index in [0.717, 1.165) is 5.56 Å². The van der Waals surface area contributed by atoms with Gasteiger partial charge in [0.2, 0.25) is 0 Å². The second-order valence-electron chi connectivity index (χ2n) is 2.85. The van der Waals surface area contributed by atoms with Gasteiger partial charge in [-0.05, 0) is 19.4 Å². The number of hydrogen-bond acceptors (Lipinski definition) is 2. The predicted octanol–water partition coefficient (Wildman–Crippen LogP) is 2.97. The Labute approximate surface area is 85.6 Å². The maximum absolute atomic E-state index is 10.9. The van der Waals surface area contributed by atoms with Crippen molar-refractivity contribution in [3.05, 3.63) is 35.4 Å². The van der Waals surface area contributed by atoms with Gasteiger partial charge >= 0.3 is 0 Å². The number of benzene rings is 1. The average Bonchev–Trinajstić information content (AvgIpc) is 2.21. The van der Waals surface area contributed by atoms with Crippen molar-refractivity contribution >= 4 is 5.78 Å². The third-order valence-corrected chi connectivity index (χ3v) is 1.80. The van der Waals surface area contributed by atoms with E-state index in [4.69, 9.17) is 5.11 Å². The van der Waals surface area contributed by atoms with Crippen molar-refractivity contribution < 1.29 is 9.90 Å². The van der Waals surface area contributed by atoms with E-state index >= 15 is 0 Å². The van der Waals surface area contributed by atoms with Crippen LogP contribution in [0.4, 0.5) is 0 Å². The SMILES string of the molecule is CC.CC(=O)c1ccc(C(C)O)cc1. The van der Waals surface area contributed by atoms with Gasteiger partial charge in [-0.15, -0.1) is 0 Å². The summed E-state index contributed by atoms with van der Waals surface area (Å²) in [6.45, 7) is 7.22. The second-order valence-corrected chi connectivity index (χ2v) is 2.85. The highest BCUT2D eigenvalue weighted by atomic mass is 16.3. The summed E-state index contributed by atoms with van der Waals surface area (Å²) in [4.78, 5) is 10.9. The van der Waals surface area contributed by atoms with Gasteiger partial charge in [-0.3, -0.25) is 4.79 Å². The van der Waals surface area contributed by atoms with Crippen LogP contribution in [0.3, 0.4) is 0 Å². The fraction of sp³-hybridized carbons (Fsp3) is 0.417. The van der Waals surface area contributed by atoms with Gasteiger partial charge in [-0.25, -0.2) is 0 Å². The molecule has 0 saturated carbocycles. The first kappa shape index (κ1) is 12.8. The van der Waals surface area contributed by atoms with Crippen molar-refractivity contribution in [3.63, 3.8) is 0 Å². The Balaban J connectivity index is 0.000000791. The van der Waals surface area contributed by atoms with E-state index < -0.39 is 6.10 Å². The predicted molar refractivity (Wildman–Crippen MR) is 58.4 cm³/mol. The first-order chi connectivity index (χ1) is 6.61. The highest BCUT2D eigenvalue weighted by Gasteiger charge is 2.01. The van der Waals surface area contributed by atoms with Gasteiger partial charge in [0, 0.05) is 5.56 Å². The molecule has 1 atom stereocenters. The summed E-state index contributed by atoms with van der Waals surface area (Å²) in [6, 6.07) is 6.98. The summed E-state index contributed by atoms with van der Waals surface area (Å²) in [5.41, 5.74) is 1.51. The maximum Gasteiger partial charge on any atom is 0.159 e. The van der Waals surface area contributed by atoms with Gasteiger partial charge in [0.15, 0.2) is 5.78 Å². The number of aliphatic hydroxyl groups is 1. The molecule has 0 spiro atoms. The number of carbonyl (C=O) groups is 1. The van der Waals surface area contributed by atoms with Crippen molar-refractivity contribution in [1.29, 1.82) is 0 Å². The lowest BCUT2D eigenvalue weighted by Crippen LogP contribution is -1.94. The molecule has 2 heteroatoms. The van der Waals surface area contributed by atoms with Crippen molar-refractivity contribution in [2.45, 2.75) is 33.8 Å². The molecule has 2 nitrogen and oxygen atoms in total. The minimum Gasteiger partial charge on any atom is -0.389 e. The Morgan fingerprint density at radius 3 is 1.93 bits per heavy atom. The molecule has 0 radical (unpaired) electrons. The quantitative estimate of drug-likeness (QED) is 0.735. The largest absolute Gasteiger partial charge is 0.389 e. The molecule has 1 unspecified atom stereocenters. The number of ketones is 1. The summed E-state index contributed by atoms with van der Waals surface area (Å²) in [5.74, 6) is 0.0483. The highest BCUT2D eigenvalue weighted by molar-refractivity contribution is 5.93. The number of hydrogen-bond donors (Lipinski definition) is 1. The molecular formula is C12H18O2. The summed E-state index contributed by atoms with van der Waals surface area (Å²) in [7, 11) is 0. The van der Waals surface area contributed by atoms with Crippen LogP contribution in [0.15, 0.2) is 24.3 Å². The van der Waals surface area contributed by atoms with E-state index in [9.17, 15) is 4.79 Å². The Kier molecular flexibility index (Phi) is 5.81. The minimum absolute atomic E-state index is 0.0483. The molecule has 1 rings (SSSR count). The van der Waals surface area contributed by atoms with Crippen LogP contribution in [0.2, 0.25) is 0 Å². The molecule has 0 aromatic heterocycles. The van der Waals surface area contributed by atoms with Crippen LogP contribution in [0.25, 0.3) is 0 Å². The number of carbonyl (C=O) groups excluding carboxylic acids is 1. The average molecular weight is 194 g/mol. The van der Waals surface area contributed by atoms with E-state index in [1.807, 2.05) is 13.8 Å². The second kappa shape index (κ2) is 6.33. The maximum atomic E-state index is 10.9. The molecule has 78 valence electrons. The van der Waals surface area contributed by atoms with Crippen LogP contribution in [0.5, 0.6) is 0 Å². The fourth-order valence-corrected chi connectivity index (χ4v) is 0.996. The van der Waals surface area contributed by atoms with E-state index in [-0.39, 0.29) is 5.78 Å². The summed E-state index contributed by atoms with van der Waals surface area (Å²) in [5, 5.41) is 9.17. The van der Waals surface area contributed by atoms with Gasteiger partial charge < -0.3 is 5.11 Å². The van der Waals surface area contributed by atoms with Gasteiger partial charge in [0.1, 0.15) is 0 Å². The molecule has 0 amide bonds. The first-order valence-corrected chi connectivity index (χ1v) is 4.90. The highest BCUT2D eigenvalue weighted by Crippen LogP contribution is 2.12. The monoisotopic (exact) mass is 194 g/mol. The normalized spacial score (nSPS) is 11.2. The molecule has 0 fully saturated rings. The van der Waals surface area contributed by atoms with E-state index in [1.165, 1.54) is 6.92 Å². The molecule has 0 heterocycles. The van der Waals surface area contributed by atoms with Crippen molar-refractivity contribution in [2.24, 2.45) is 0 Å². The molecule has 0 bridgehead atoms. The molecule has 0 aliphatic rings. The van der Waals surface area contributed by atoms with Gasteiger partial charge in [-0.1, -0.05) is 38.1 Å². The fourth-order valence-electron chi connectivity index (χ4n) is 0.996. The van der Waals surface area contributed by atoms with Crippen LogP contribution >= 0.6 is 0 Å². The zero-order chi connectivity index (χ0) is 11.1. The zero-order valence-electron chi connectivity index (χ0n) is 9.24. The Hall–Kier alpha value is -1.15. The molecule has 1 N–H and O–H groups in total. The van der Waals surface area contributed by atoms with Crippen LogP contribution in [0.1, 0.15) is 49.7 Å². The standard InChI is InChI=1S/C10H12O2.C2H6/c1-7(11)9-3-5-10(6-4-9)8(2)12;1-2/h3-7,11H,1-2H3;1-2H3. The molecule has 0 aliphatic heterocycles. The summed E-state index contributed by atoms with van der Waals surface area (Å²) >= 11 is 0. The molecule has 14 heavy (non-hydrogen) atoms. The number of Topliss-reactive ketones (excluding diaryl/α,β-unsaturated/α-hetero) is 1. The summed E-state index contributed by atoms with van der Waals surface area (Å²) in [6.07, 6.45) is -0.467. The third kappa shape index (κ3) is 3.71. The van der Waals surface area contributed by atoms with E-state index in [1.54, 1.807) is 31.2 Å². The Morgan fingerprint density at radius 2 is 1.64 bits per heavy atom. The minimum atomic E-state index is -0.467. The van der Waals surface area contributed by atoms with Crippen LogP contribution in [0, 0.1) is 0 Å². The Morgan fingerprint density at radius 1 is 1.21 bits per heavy atom. The topological polar surface area (TPSA) is 37.3 Å². The Bertz CT molecular complexity index is 273. The molecule has 0 aliphatic carbocycles. The van der Waals surface area contributed by atoms with Crippen molar-refractivity contribution in [2.75, 3.05) is 0 Å².